The van der Waals surface area contributed by atoms with Crippen LogP contribution in [0.4, 0.5) is 0 Å². The van der Waals surface area contributed by atoms with Crippen LogP contribution in [0.15, 0.2) is 42.5 Å². The van der Waals surface area contributed by atoms with Crippen molar-refractivity contribution < 1.29 is 19.4 Å². The molecule has 0 aliphatic heterocycles. The number of amides is 1. The van der Waals surface area contributed by atoms with Gasteiger partial charge in [-0.25, -0.2) is 0 Å². The van der Waals surface area contributed by atoms with Gasteiger partial charge in [0.1, 0.15) is 5.75 Å². The van der Waals surface area contributed by atoms with E-state index in [-0.39, 0.29) is 12.5 Å². The topological polar surface area (TPSA) is 75.6 Å². The minimum absolute atomic E-state index is 0.121. The highest BCUT2D eigenvalue weighted by Crippen LogP contribution is 2.45. The van der Waals surface area contributed by atoms with E-state index in [0.29, 0.717) is 32.3 Å². The van der Waals surface area contributed by atoms with Crippen LogP contribution in [0.2, 0.25) is 0 Å². The Morgan fingerprint density at radius 3 is 2.62 bits per heavy atom. The lowest BCUT2D eigenvalue weighted by atomic mass is 10.1. The van der Waals surface area contributed by atoms with Crippen LogP contribution in [-0.2, 0) is 9.59 Å². The minimum atomic E-state index is -0.818. The Morgan fingerprint density at radius 1 is 1.12 bits per heavy atom. The largest absolute Gasteiger partial charge is 0.493 e. The van der Waals surface area contributed by atoms with Crippen LogP contribution in [0, 0.1) is 5.41 Å². The van der Waals surface area contributed by atoms with Crippen molar-refractivity contribution in [2.24, 2.45) is 5.41 Å². The van der Waals surface area contributed by atoms with Gasteiger partial charge >= 0.3 is 5.97 Å². The number of carbonyl (C=O) groups is 2. The van der Waals surface area contributed by atoms with Gasteiger partial charge in [0.2, 0.25) is 5.91 Å². The van der Waals surface area contributed by atoms with Gasteiger partial charge in [-0.15, -0.1) is 0 Å². The average molecular weight is 327 g/mol. The summed E-state index contributed by atoms with van der Waals surface area (Å²) >= 11 is 0. The number of aliphatic carboxylic acids is 1. The van der Waals surface area contributed by atoms with Crippen molar-refractivity contribution in [2.45, 2.75) is 25.7 Å². The van der Waals surface area contributed by atoms with Crippen molar-refractivity contribution in [1.82, 2.24) is 5.32 Å². The lowest BCUT2D eigenvalue weighted by molar-refractivity contribution is -0.143. The van der Waals surface area contributed by atoms with Gasteiger partial charge < -0.3 is 15.2 Å². The van der Waals surface area contributed by atoms with E-state index in [1.54, 1.807) is 0 Å². The molecule has 1 aliphatic rings. The Balaban J connectivity index is 1.42. The number of hydrogen-bond acceptors (Lipinski definition) is 3. The smallest absolute Gasteiger partial charge is 0.311 e. The molecule has 126 valence electrons. The summed E-state index contributed by atoms with van der Waals surface area (Å²) in [7, 11) is 0. The maximum Gasteiger partial charge on any atom is 0.311 e. The Hall–Kier alpha value is -2.56. The van der Waals surface area contributed by atoms with Crippen molar-refractivity contribution in [3.63, 3.8) is 0 Å². The highest BCUT2D eigenvalue weighted by Gasteiger charge is 2.50. The van der Waals surface area contributed by atoms with Crippen LogP contribution >= 0.6 is 0 Å². The Bertz CT molecular complexity index is 747. The molecule has 1 fully saturated rings. The third-order valence-corrected chi connectivity index (χ3v) is 4.49. The Morgan fingerprint density at radius 2 is 1.88 bits per heavy atom. The number of ether oxygens (including phenoxy) is 1. The van der Waals surface area contributed by atoms with E-state index in [1.165, 1.54) is 0 Å². The number of hydrogen-bond donors (Lipinski definition) is 2. The van der Waals surface area contributed by atoms with E-state index < -0.39 is 11.4 Å². The lowest BCUT2D eigenvalue weighted by Gasteiger charge is -2.12. The number of carboxylic acid groups (broad SMARTS) is 1. The van der Waals surface area contributed by atoms with Crippen molar-refractivity contribution in [2.75, 3.05) is 13.2 Å². The van der Waals surface area contributed by atoms with Crippen LogP contribution in [0.25, 0.3) is 10.8 Å². The summed E-state index contributed by atoms with van der Waals surface area (Å²) in [4.78, 5) is 22.9. The normalized spacial score (nSPS) is 15.0. The molecule has 0 saturated heterocycles. The van der Waals surface area contributed by atoms with Crippen LogP contribution in [-0.4, -0.2) is 30.1 Å². The molecule has 24 heavy (non-hydrogen) atoms. The lowest BCUT2D eigenvalue weighted by Crippen LogP contribution is -2.34. The van der Waals surface area contributed by atoms with Gasteiger partial charge in [-0.05, 0) is 30.7 Å². The second-order valence-electron chi connectivity index (χ2n) is 6.29. The van der Waals surface area contributed by atoms with E-state index >= 15 is 0 Å². The van der Waals surface area contributed by atoms with E-state index in [0.717, 1.165) is 16.5 Å². The predicted molar refractivity (Wildman–Crippen MR) is 91.0 cm³/mol. The maximum absolute atomic E-state index is 11.8. The fraction of sp³-hybridized carbons (Fsp3) is 0.368. The molecule has 0 atom stereocenters. The molecular weight excluding hydrogens is 306 g/mol. The first kappa shape index (κ1) is 16.3. The van der Waals surface area contributed by atoms with Crippen molar-refractivity contribution >= 4 is 22.6 Å². The average Bonchev–Trinajstić information content (AvgIpc) is 3.38. The van der Waals surface area contributed by atoms with Gasteiger partial charge in [-0.3, -0.25) is 9.59 Å². The van der Waals surface area contributed by atoms with Gasteiger partial charge in [0.05, 0.1) is 12.0 Å². The second-order valence-corrected chi connectivity index (χ2v) is 6.29. The molecule has 1 saturated carbocycles. The fourth-order valence-corrected chi connectivity index (χ4v) is 2.71. The first-order valence-corrected chi connectivity index (χ1v) is 8.21. The molecule has 2 aromatic carbocycles. The molecule has 0 radical (unpaired) electrons. The fourth-order valence-electron chi connectivity index (χ4n) is 2.71. The zero-order valence-corrected chi connectivity index (χ0v) is 13.5. The molecule has 2 N–H and O–H groups in total. The van der Waals surface area contributed by atoms with E-state index in [1.807, 2.05) is 42.5 Å². The highest BCUT2D eigenvalue weighted by atomic mass is 16.5. The van der Waals surface area contributed by atoms with Crippen molar-refractivity contribution in [1.29, 1.82) is 0 Å². The number of carbonyl (C=O) groups excluding carboxylic acids is 1. The van der Waals surface area contributed by atoms with E-state index in [2.05, 4.69) is 5.32 Å². The summed E-state index contributed by atoms with van der Waals surface area (Å²) in [5.41, 5.74) is -0.713. The molecule has 1 aliphatic carbocycles. The van der Waals surface area contributed by atoms with Crippen LogP contribution < -0.4 is 10.1 Å². The summed E-state index contributed by atoms with van der Waals surface area (Å²) in [5, 5.41) is 14.0. The van der Waals surface area contributed by atoms with Crippen LogP contribution in [0.1, 0.15) is 25.7 Å². The molecule has 0 bridgehead atoms. The van der Waals surface area contributed by atoms with Crippen LogP contribution in [0.3, 0.4) is 0 Å². The second kappa shape index (κ2) is 6.91. The summed E-state index contributed by atoms with van der Waals surface area (Å²) in [6.45, 7) is 0.677. The van der Waals surface area contributed by atoms with Crippen molar-refractivity contribution in [3.05, 3.63) is 42.5 Å². The third-order valence-electron chi connectivity index (χ3n) is 4.49. The van der Waals surface area contributed by atoms with E-state index in [9.17, 15) is 9.59 Å². The molecule has 5 heteroatoms. The first-order chi connectivity index (χ1) is 11.6. The number of carboxylic acids is 1. The molecule has 3 rings (SSSR count). The molecule has 5 nitrogen and oxygen atoms in total. The number of fused-ring (bicyclic) bond motifs is 1. The van der Waals surface area contributed by atoms with Gasteiger partial charge in [0, 0.05) is 18.4 Å². The third kappa shape index (κ3) is 3.67. The molecular formula is C19H21NO4. The van der Waals surface area contributed by atoms with Crippen molar-refractivity contribution in [3.8, 4) is 5.75 Å². The molecule has 0 heterocycles. The first-order valence-electron chi connectivity index (χ1n) is 8.21. The van der Waals surface area contributed by atoms with Gasteiger partial charge in [-0.2, -0.15) is 0 Å². The van der Waals surface area contributed by atoms with Gasteiger partial charge in [0.15, 0.2) is 0 Å². The van der Waals surface area contributed by atoms with Gasteiger partial charge in [0.25, 0.3) is 0 Å². The molecule has 1 amide bonds. The SMILES string of the molecule is O=C(CCCOc1cccc2ccccc12)NCC1(C(=O)O)CC1. The van der Waals surface area contributed by atoms with E-state index in [4.69, 9.17) is 9.84 Å². The molecule has 0 unspecified atom stereocenters. The number of rotatable bonds is 8. The van der Waals surface area contributed by atoms with Gasteiger partial charge in [-0.1, -0.05) is 36.4 Å². The van der Waals surface area contributed by atoms with Crippen LogP contribution in [0.5, 0.6) is 5.75 Å². The maximum atomic E-state index is 11.8. The molecule has 0 aromatic heterocycles. The molecule has 0 spiro atoms. The monoisotopic (exact) mass is 327 g/mol. The summed E-state index contributed by atoms with van der Waals surface area (Å²) in [5.74, 6) is -0.123. The number of benzene rings is 2. The minimum Gasteiger partial charge on any atom is -0.493 e. The zero-order valence-electron chi connectivity index (χ0n) is 13.5. The predicted octanol–water partition coefficient (Wildman–Crippen LogP) is 2.98. The summed E-state index contributed by atoms with van der Waals surface area (Å²) in [6.07, 6.45) is 2.22. The quantitative estimate of drug-likeness (QED) is 0.731. The zero-order chi connectivity index (χ0) is 17.0. The Labute approximate surface area is 140 Å². The number of nitrogens with one attached hydrogen (secondary N) is 1. The Kier molecular flexibility index (Phi) is 4.69. The standard InChI is InChI=1S/C19H21NO4/c21-17(20-13-19(10-11-19)18(22)23)9-4-12-24-16-8-3-6-14-5-1-2-7-15(14)16/h1-3,5-8H,4,9-13H2,(H,20,21)(H,22,23). The molecule has 2 aromatic rings. The highest BCUT2D eigenvalue weighted by molar-refractivity contribution is 5.88. The summed E-state index contributed by atoms with van der Waals surface area (Å²) in [6, 6.07) is 13.9. The summed E-state index contributed by atoms with van der Waals surface area (Å²) < 4.78 is 5.79.